The van der Waals surface area contributed by atoms with Crippen molar-refractivity contribution in [2.75, 3.05) is 20.1 Å². The smallest absolute Gasteiger partial charge is 0.273 e. The summed E-state index contributed by atoms with van der Waals surface area (Å²) in [6.45, 7) is 1.41. The van der Waals surface area contributed by atoms with Crippen LogP contribution >= 0.6 is 0 Å². The number of aromatic nitrogens is 1. The highest BCUT2D eigenvalue weighted by atomic mass is 19.1. The summed E-state index contributed by atoms with van der Waals surface area (Å²) in [6, 6.07) is 4.55. The summed E-state index contributed by atoms with van der Waals surface area (Å²) in [6.07, 6.45) is 6.66. The number of nitrogens with zero attached hydrogens (tertiary/aromatic N) is 2. The number of carbonyl (C=O) groups excluding carboxylic acids is 2. The van der Waals surface area contributed by atoms with Crippen LogP contribution in [0.5, 0.6) is 0 Å². The zero-order chi connectivity index (χ0) is 22.7. The number of piperidine rings is 1. The summed E-state index contributed by atoms with van der Waals surface area (Å²) in [5, 5.41) is 9.37. The third-order valence-corrected chi connectivity index (χ3v) is 6.57. The summed E-state index contributed by atoms with van der Waals surface area (Å²) in [5.74, 6) is -2.45. The molecule has 1 saturated carbocycles. The zero-order valence-corrected chi connectivity index (χ0v) is 18.1. The molecule has 2 fully saturated rings. The van der Waals surface area contributed by atoms with Crippen LogP contribution in [0.2, 0.25) is 0 Å². The maximum Gasteiger partial charge on any atom is 0.273 e. The maximum atomic E-state index is 14.0. The summed E-state index contributed by atoms with van der Waals surface area (Å²) >= 11 is 0. The molecular weight excluding hydrogens is 418 g/mol. The van der Waals surface area contributed by atoms with Gasteiger partial charge in [0.1, 0.15) is 11.6 Å². The minimum atomic E-state index is -0.803. The Bertz CT molecular complexity index is 974. The average molecular weight is 446 g/mol. The topological polar surface area (TPSA) is 87.5 Å². The number of hydrogen-bond acceptors (Lipinski definition) is 5. The van der Waals surface area contributed by atoms with Gasteiger partial charge in [0, 0.05) is 44.4 Å². The molecule has 1 aliphatic heterocycles. The number of carbonyl (C=O) groups is 2. The van der Waals surface area contributed by atoms with Crippen LogP contribution < -0.4 is 10.6 Å². The second-order valence-corrected chi connectivity index (χ2v) is 8.58. The van der Waals surface area contributed by atoms with Gasteiger partial charge in [-0.25, -0.2) is 8.78 Å². The van der Waals surface area contributed by atoms with Crippen LogP contribution in [0.15, 0.2) is 28.8 Å². The van der Waals surface area contributed by atoms with Crippen LogP contribution in [0.3, 0.4) is 0 Å². The zero-order valence-electron chi connectivity index (χ0n) is 18.1. The average Bonchev–Trinajstić information content (AvgIpc) is 3.29. The Morgan fingerprint density at radius 2 is 1.91 bits per heavy atom. The predicted molar refractivity (Wildman–Crippen MR) is 114 cm³/mol. The Balaban J connectivity index is 1.44. The van der Waals surface area contributed by atoms with E-state index in [-0.39, 0.29) is 34.9 Å². The van der Waals surface area contributed by atoms with E-state index in [0.717, 1.165) is 31.5 Å². The van der Waals surface area contributed by atoms with Gasteiger partial charge in [-0.1, -0.05) is 24.4 Å². The fraction of sp³-hybridized carbons (Fsp3) is 0.522. The molecule has 1 saturated heterocycles. The van der Waals surface area contributed by atoms with Crippen molar-refractivity contribution in [1.82, 2.24) is 20.7 Å². The molecule has 7 nitrogen and oxygen atoms in total. The van der Waals surface area contributed by atoms with E-state index in [1.54, 1.807) is 7.05 Å². The molecule has 2 N–H and O–H groups in total. The van der Waals surface area contributed by atoms with Crippen molar-refractivity contribution in [3.63, 3.8) is 0 Å². The molecule has 172 valence electrons. The van der Waals surface area contributed by atoms with Crippen LogP contribution in [0.4, 0.5) is 8.78 Å². The van der Waals surface area contributed by atoms with Crippen molar-refractivity contribution in [2.24, 2.45) is 5.92 Å². The highest BCUT2D eigenvalue weighted by Crippen LogP contribution is 2.28. The molecule has 1 aromatic heterocycles. The predicted octanol–water partition coefficient (Wildman–Crippen LogP) is 3.12. The monoisotopic (exact) mass is 446 g/mol. The van der Waals surface area contributed by atoms with E-state index in [0.29, 0.717) is 19.0 Å². The largest absolute Gasteiger partial charge is 0.359 e. The molecule has 2 unspecified atom stereocenters. The lowest BCUT2D eigenvalue weighted by Crippen LogP contribution is -2.57. The molecule has 2 atom stereocenters. The van der Waals surface area contributed by atoms with E-state index in [4.69, 9.17) is 4.52 Å². The summed E-state index contributed by atoms with van der Waals surface area (Å²) < 4.78 is 32.3. The Morgan fingerprint density at radius 3 is 2.62 bits per heavy atom. The van der Waals surface area contributed by atoms with Crippen LogP contribution in [-0.2, 0) is 4.79 Å². The first-order valence-corrected chi connectivity index (χ1v) is 11.1. The highest BCUT2D eigenvalue weighted by Gasteiger charge is 2.37. The normalized spacial score (nSPS) is 22.5. The van der Waals surface area contributed by atoms with E-state index in [1.165, 1.54) is 31.4 Å². The van der Waals surface area contributed by atoms with Gasteiger partial charge in [0.15, 0.2) is 11.5 Å². The van der Waals surface area contributed by atoms with E-state index < -0.39 is 17.5 Å². The molecule has 1 aliphatic carbocycles. The van der Waals surface area contributed by atoms with Crippen molar-refractivity contribution >= 4 is 11.8 Å². The molecule has 0 bridgehead atoms. The highest BCUT2D eigenvalue weighted by molar-refractivity contribution is 5.93. The number of nitrogens with one attached hydrogen (secondary N) is 2. The third kappa shape index (κ3) is 4.82. The molecular formula is C23H28F2N4O3. The standard InChI is InChI=1S/C23H28F2N4O3/c1-26-22(30)17-13-29(15-5-3-2-4-6-15)10-9-19(17)27-23(31)20-12-21(32-28-20)16-8-7-14(24)11-18(16)25/h7-8,11-12,15,17,19H,2-6,9-10,13H2,1H3,(H,26,30)(H,27,31). The van der Waals surface area contributed by atoms with Gasteiger partial charge >= 0.3 is 0 Å². The molecule has 2 aromatic rings. The first-order valence-electron chi connectivity index (χ1n) is 11.1. The van der Waals surface area contributed by atoms with Gasteiger partial charge in [0.2, 0.25) is 5.91 Å². The SMILES string of the molecule is CNC(=O)C1CN(C2CCCCC2)CCC1NC(=O)c1cc(-c2ccc(F)cc2F)on1. The molecule has 32 heavy (non-hydrogen) atoms. The first kappa shape index (κ1) is 22.4. The number of hydrogen-bond donors (Lipinski definition) is 2. The fourth-order valence-electron chi connectivity index (χ4n) is 4.82. The van der Waals surface area contributed by atoms with Crippen molar-refractivity contribution < 1.29 is 22.9 Å². The lowest BCUT2D eigenvalue weighted by atomic mass is 9.87. The number of amides is 2. The van der Waals surface area contributed by atoms with Crippen molar-refractivity contribution in [3.05, 3.63) is 41.6 Å². The Labute approximate surface area is 185 Å². The van der Waals surface area contributed by atoms with Gasteiger partial charge in [0.05, 0.1) is 11.5 Å². The molecule has 0 spiro atoms. The van der Waals surface area contributed by atoms with Crippen LogP contribution in [0, 0.1) is 17.6 Å². The van der Waals surface area contributed by atoms with Gasteiger partial charge in [-0.3, -0.25) is 14.5 Å². The maximum absolute atomic E-state index is 14.0. The minimum Gasteiger partial charge on any atom is -0.359 e. The molecule has 1 aromatic carbocycles. The minimum absolute atomic E-state index is 0.0157. The second kappa shape index (κ2) is 9.77. The molecule has 9 heteroatoms. The Kier molecular flexibility index (Phi) is 6.83. The second-order valence-electron chi connectivity index (χ2n) is 8.58. The fourth-order valence-corrected chi connectivity index (χ4v) is 4.82. The number of likely N-dealkylation sites (tertiary alicyclic amines) is 1. The van der Waals surface area contributed by atoms with Crippen molar-refractivity contribution in [2.45, 2.75) is 50.6 Å². The first-order chi connectivity index (χ1) is 15.5. The van der Waals surface area contributed by atoms with Gasteiger partial charge < -0.3 is 15.2 Å². The summed E-state index contributed by atoms with van der Waals surface area (Å²) in [5.41, 5.74) is -0.00364. The van der Waals surface area contributed by atoms with E-state index in [2.05, 4.69) is 20.7 Å². The van der Waals surface area contributed by atoms with Crippen LogP contribution in [0.25, 0.3) is 11.3 Å². The Morgan fingerprint density at radius 1 is 1.12 bits per heavy atom. The van der Waals surface area contributed by atoms with Crippen LogP contribution in [0.1, 0.15) is 49.0 Å². The van der Waals surface area contributed by atoms with E-state index in [9.17, 15) is 18.4 Å². The molecule has 0 radical (unpaired) electrons. The van der Waals surface area contributed by atoms with Gasteiger partial charge in [-0.15, -0.1) is 0 Å². The van der Waals surface area contributed by atoms with E-state index in [1.807, 2.05) is 0 Å². The van der Waals surface area contributed by atoms with Crippen molar-refractivity contribution in [3.8, 4) is 11.3 Å². The lowest BCUT2D eigenvalue weighted by molar-refractivity contribution is -0.127. The number of rotatable bonds is 5. The molecule has 2 amide bonds. The lowest BCUT2D eigenvalue weighted by Gasteiger charge is -2.42. The number of benzene rings is 1. The third-order valence-electron chi connectivity index (χ3n) is 6.57. The Hall–Kier alpha value is -2.81. The van der Waals surface area contributed by atoms with Gasteiger partial charge in [-0.2, -0.15) is 0 Å². The molecule has 4 rings (SSSR count). The molecule has 2 aliphatic rings. The van der Waals surface area contributed by atoms with Gasteiger partial charge in [-0.05, 0) is 31.4 Å². The summed E-state index contributed by atoms with van der Waals surface area (Å²) in [4.78, 5) is 27.8. The molecule has 2 heterocycles. The summed E-state index contributed by atoms with van der Waals surface area (Å²) in [7, 11) is 1.60. The quantitative estimate of drug-likeness (QED) is 0.737. The van der Waals surface area contributed by atoms with Gasteiger partial charge in [0.25, 0.3) is 5.91 Å². The van der Waals surface area contributed by atoms with E-state index >= 15 is 0 Å². The number of halogens is 2. The van der Waals surface area contributed by atoms with Crippen LogP contribution in [-0.4, -0.2) is 54.1 Å². The van der Waals surface area contributed by atoms with Crippen molar-refractivity contribution in [1.29, 1.82) is 0 Å².